The van der Waals surface area contributed by atoms with Gasteiger partial charge in [0, 0.05) is 25.1 Å². The number of para-hydroxylation sites is 2. The van der Waals surface area contributed by atoms with Crippen LogP contribution in [0.5, 0.6) is 0 Å². The standard InChI is InChI=1S/C17H21N3O/c1-4-18-15(13-9-10-21-12(13)2)11-17-19-14-7-5-6-8-16(14)20(17)3/h5-10,15,18H,4,11H2,1-3H3. The van der Waals surface area contributed by atoms with E-state index in [0.717, 1.165) is 30.1 Å². The number of hydrogen-bond donors (Lipinski definition) is 1. The van der Waals surface area contributed by atoms with Crippen molar-refractivity contribution in [3.63, 3.8) is 0 Å². The minimum atomic E-state index is 0.226. The number of rotatable bonds is 5. The number of aryl methyl sites for hydroxylation is 2. The maximum absolute atomic E-state index is 5.45. The number of furan rings is 1. The highest BCUT2D eigenvalue weighted by Crippen LogP contribution is 2.24. The van der Waals surface area contributed by atoms with E-state index in [9.17, 15) is 0 Å². The molecule has 3 rings (SSSR count). The second kappa shape index (κ2) is 5.74. The Morgan fingerprint density at radius 2 is 2.10 bits per heavy atom. The summed E-state index contributed by atoms with van der Waals surface area (Å²) in [5, 5.41) is 3.53. The molecule has 4 nitrogen and oxygen atoms in total. The summed E-state index contributed by atoms with van der Waals surface area (Å²) in [5.41, 5.74) is 3.43. The van der Waals surface area contributed by atoms with Gasteiger partial charge in [-0.05, 0) is 31.7 Å². The predicted molar refractivity (Wildman–Crippen MR) is 84.3 cm³/mol. The molecule has 0 fully saturated rings. The summed E-state index contributed by atoms with van der Waals surface area (Å²) in [6, 6.07) is 10.5. The summed E-state index contributed by atoms with van der Waals surface area (Å²) >= 11 is 0. The van der Waals surface area contributed by atoms with Gasteiger partial charge < -0.3 is 14.3 Å². The first-order chi connectivity index (χ1) is 10.2. The molecule has 0 aliphatic heterocycles. The molecule has 2 heterocycles. The van der Waals surface area contributed by atoms with Gasteiger partial charge in [0.25, 0.3) is 0 Å². The molecule has 21 heavy (non-hydrogen) atoms. The molecular formula is C17H21N3O. The van der Waals surface area contributed by atoms with Gasteiger partial charge in [0.15, 0.2) is 0 Å². The summed E-state index contributed by atoms with van der Waals surface area (Å²) < 4.78 is 7.63. The topological polar surface area (TPSA) is 43.0 Å². The number of benzene rings is 1. The van der Waals surface area contributed by atoms with Gasteiger partial charge >= 0.3 is 0 Å². The van der Waals surface area contributed by atoms with E-state index < -0.39 is 0 Å². The van der Waals surface area contributed by atoms with E-state index in [-0.39, 0.29) is 6.04 Å². The smallest absolute Gasteiger partial charge is 0.111 e. The van der Waals surface area contributed by atoms with Crippen LogP contribution in [0.25, 0.3) is 11.0 Å². The van der Waals surface area contributed by atoms with Crippen LogP contribution in [0, 0.1) is 6.92 Å². The summed E-state index contributed by atoms with van der Waals surface area (Å²) in [7, 11) is 2.08. The Morgan fingerprint density at radius 3 is 2.76 bits per heavy atom. The van der Waals surface area contributed by atoms with Crippen molar-refractivity contribution in [2.45, 2.75) is 26.3 Å². The molecule has 2 aromatic heterocycles. The van der Waals surface area contributed by atoms with E-state index in [1.165, 1.54) is 11.1 Å². The highest BCUT2D eigenvalue weighted by atomic mass is 16.3. The molecule has 1 N–H and O–H groups in total. The van der Waals surface area contributed by atoms with Crippen LogP contribution in [-0.4, -0.2) is 16.1 Å². The Bertz CT molecular complexity index is 741. The number of likely N-dealkylation sites (N-methyl/N-ethyl adjacent to an activating group) is 1. The third kappa shape index (κ3) is 2.59. The minimum absolute atomic E-state index is 0.226. The van der Waals surface area contributed by atoms with Gasteiger partial charge in [-0.1, -0.05) is 19.1 Å². The Kier molecular flexibility index (Phi) is 3.80. The molecule has 0 radical (unpaired) electrons. The molecule has 1 unspecified atom stereocenters. The van der Waals surface area contributed by atoms with Crippen LogP contribution in [0.3, 0.4) is 0 Å². The predicted octanol–water partition coefficient (Wildman–Crippen LogP) is 3.37. The lowest BCUT2D eigenvalue weighted by atomic mass is 10.0. The number of nitrogens with one attached hydrogen (secondary N) is 1. The van der Waals surface area contributed by atoms with Crippen molar-refractivity contribution in [1.29, 1.82) is 0 Å². The van der Waals surface area contributed by atoms with Crippen molar-refractivity contribution < 1.29 is 4.42 Å². The van der Waals surface area contributed by atoms with Crippen LogP contribution in [0.1, 0.15) is 30.1 Å². The van der Waals surface area contributed by atoms with Gasteiger partial charge in [-0.3, -0.25) is 0 Å². The molecule has 0 bridgehead atoms. The Labute approximate surface area is 124 Å². The molecule has 3 aromatic rings. The Balaban J connectivity index is 1.94. The van der Waals surface area contributed by atoms with Crippen molar-refractivity contribution in [1.82, 2.24) is 14.9 Å². The molecule has 4 heteroatoms. The van der Waals surface area contributed by atoms with E-state index in [1.807, 2.05) is 19.1 Å². The number of nitrogens with zero attached hydrogens (tertiary/aromatic N) is 2. The number of fused-ring (bicyclic) bond motifs is 1. The maximum Gasteiger partial charge on any atom is 0.111 e. The van der Waals surface area contributed by atoms with E-state index in [2.05, 4.69) is 42.1 Å². The van der Waals surface area contributed by atoms with Crippen LogP contribution >= 0.6 is 0 Å². The summed E-state index contributed by atoms with van der Waals surface area (Å²) in [6.07, 6.45) is 2.60. The van der Waals surface area contributed by atoms with E-state index in [4.69, 9.17) is 9.40 Å². The summed E-state index contributed by atoms with van der Waals surface area (Å²) in [6.45, 7) is 5.05. The van der Waals surface area contributed by atoms with E-state index in [1.54, 1.807) is 6.26 Å². The molecule has 0 aliphatic carbocycles. The fraction of sp³-hybridized carbons (Fsp3) is 0.353. The molecule has 1 atom stereocenters. The zero-order valence-corrected chi connectivity index (χ0v) is 12.8. The third-order valence-electron chi connectivity index (χ3n) is 3.99. The molecule has 0 saturated heterocycles. The monoisotopic (exact) mass is 283 g/mol. The number of aromatic nitrogens is 2. The summed E-state index contributed by atoms with van der Waals surface area (Å²) in [5.74, 6) is 2.06. The highest BCUT2D eigenvalue weighted by molar-refractivity contribution is 5.75. The Hall–Kier alpha value is -2.07. The molecule has 0 saturated carbocycles. The van der Waals surface area contributed by atoms with Crippen molar-refractivity contribution in [2.75, 3.05) is 6.54 Å². The average molecular weight is 283 g/mol. The fourth-order valence-electron chi connectivity index (χ4n) is 2.86. The lowest BCUT2D eigenvalue weighted by Gasteiger charge is -2.17. The fourth-order valence-corrected chi connectivity index (χ4v) is 2.86. The van der Waals surface area contributed by atoms with Gasteiger partial charge in [0.1, 0.15) is 11.6 Å². The molecular weight excluding hydrogens is 262 g/mol. The minimum Gasteiger partial charge on any atom is -0.469 e. The Morgan fingerprint density at radius 1 is 1.29 bits per heavy atom. The summed E-state index contributed by atoms with van der Waals surface area (Å²) in [4.78, 5) is 4.77. The van der Waals surface area contributed by atoms with Crippen LogP contribution in [0.15, 0.2) is 41.0 Å². The first-order valence-corrected chi connectivity index (χ1v) is 7.38. The van der Waals surface area contributed by atoms with Crippen LogP contribution < -0.4 is 5.32 Å². The van der Waals surface area contributed by atoms with Gasteiger partial charge in [0.2, 0.25) is 0 Å². The lowest BCUT2D eigenvalue weighted by Crippen LogP contribution is -2.24. The van der Waals surface area contributed by atoms with Crippen LogP contribution in [0.2, 0.25) is 0 Å². The molecule has 1 aromatic carbocycles. The zero-order valence-electron chi connectivity index (χ0n) is 12.8. The van der Waals surface area contributed by atoms with Crippen molar-refractivity contribution in [3.8, 4) is 0 Å². The first kappa shape index (κ1) is 13.9. The average Bonchev–Trinajstić information content (AvgIpc) is 3.04. The maximum atomic E-state index is 5.45. The van der Waals surface area contributed by atoms with Crippen molar-refractivity contribution in [3.05, 3.63) is 53.7 Å². The number of imidazole rings is 1. The second-order valence-corrected chi connectivity index (χ2v) is 5.32. The van der Waals surface area contributed by atoms with E-state index >= 15 is 0 Å². The van der Waals surface area contributed by atoms with Gasteiger partial charge in [-0.15, -0.1) is 0 Å². The van der Waals surface area contributed by atoms with E-state index in [0.29, 0.717) is 0 Å². The third-order valence-corrected chi connectivity index (χ3v) is 3.99. The van der Waals surface area contributed by atoms with Crippen molar-refractivity contribution >= 4 is 11.0 Å². The quantitative estimate of drug-likeness (QED) is 0.780. The SMILES string of the molecule is CCNC(Cc1nc2ccccc2n1C)c1ccoc1C. The molecule has 0 spiro atoms. The van der Waals surface area contributed by atoms with Crippen LogP contribution in [-0.2, 0) is 13.5 Å². The van der Waals surface area contributed by atoms with Gasteiger partial charge in [-0.25, -0.2) is 4.98 Å². The molecule has 110 valence electrons. The molecule has 0 aliphatic rings. The van der Waals surface area contributed by atoms with Crippen LogP contribution in [0.4, 0.5) is 0 Å². The second-order valence-electron chi connectivity index (χ2n) is 5.32. The first-order valence-electron chi connectivity index (χ1n) is 7.38. The highest BCUT2D eigenvalue weighted by Gasteiger charge is 2.18. The number of hydrogen-bond acceptors (Lipinski definition) is 3. The van der Waals surface area contributed by atoms with Gasteiger partial charge in [0.05, 0.1) is 17.3 Å². The largest absolute Gasteiger partial charge is 0.469 e. The molecule has 0 amide bonds. The van der Waals surface area contributed by atoms with Gasteiger partial charge in [-0.2, -0.15) is 0 Å². The lowest BCUT2D eigenvalue weighted by molar-refractivity contribution is 0.494. The van der Waals surface area contributed by atoms with Crippen molar-refractivity contribution in [2.24, 2.45) is 7.05 Å². The zero-order chi connectivity index (χ0) is 14.8. The normalized spacial score (nSPS) is 12.9.